The van der Waals surface area contributed by atoms with Crippen LogP contribution in [0.4, 0.5) is 23.7 Å². The summed E-state index contributed by atoms with van der Waals surface area (Å²) in [6.07, 6.45) is -4.46. The number of anilines is 1. The summed E-state index contributed by atoms with van der Waals surface area (Å²) < 4.78 is 41.6. The number of rotatable bonds is 6. The van der Waals surface area contributed by atoms with Gasteiger partial charge in [0.05, 0.1) is 5.69 Å². The Morgan fingerprint density at radius 1 is 1.35 bits per heavy atom. The third kappa shape index (κ3) is 6.77. The van der Waals surface area contributed by atoms with Gasteiger partial charge in [-0.05, 0) is 37.5 Å². The maximum Gasteiger partial charge on any atom is 0.422 e. The van der Waals surface area contributed by atoms with Crippen molar-refractivity contribution in [1.82, 2.24) is 5.32 Å². The molecule has 0 heterocycles. The first-order chi connectivity index (χ1) is 10.6. The van der Waals surface area contributed by atoms with Crippen LogP contribution in [0, 0.1) is 12.8 Å². The van der Waals surface area contributed by atoms with Crippen molar-refractivity contribution < 1.29 is 27.8 Å². The Labute approximate surface area is 132 Å². The topological polar surface area (TPSA) is 70.6 Å². The third-order valence-corrected chi connectivity index (χ3v) is 3.28. The van der Waals surface area contributed by atoms with Crippen LogP contribution in [-0.2, 0) is 0 Å². The molecule has 0 unspecified atom stereocenters. The van der Waals surface area contributed by atoms with Crippen LogP contribution in [0.3, 0.4) is 0 Å². The Kier molecular flexibility index (Phi) is 6.68. The molecule has 8 heteroatoms. The van der Waals surface area contributed by atoms with Crippen LogP contribution in [0.1, 0.15) is 19.4 Å². The molecule has 0 aromatic heterocycles. The highest BCUT2D eigenvalue weighted by molar-refractivity contribution is 5.91. The molecule has 23 heavy (non-hydrogen) atoms. The molecule has 2 amide bonds. The lowest BCUT2D eigenvalue weighted by Crippen LogP contribution is -2.40. The fraction of sp³-hybridized carbons (Fsp3) is 0.533. The number of carbonyl (C=O) groups excluding carboxylic acids is 1. The monoisotopic (exact) mass is 334 g/mol. The Hall–Kier alpha value is -1.96. The summed E-state index contributed by atoms with van der Waals surface area (Å²) in [7, 11) is 0. The number of halogens is 3. The standard InChI is InChI=1S/C15H21F3N2O3/c1-9-4-5-12(13(6-9)23-8-15(16,17)18)20-14(22)19-11(3)10(2)7-21/h4-6,10-11,21H,7-8H2,1-3H3,(H2,19,20,22)/t10-,11+/m0/s1. The minimum atomic E-state index is -4.46. The van der Waals surface area contributed by atoms with Crippen molar-refractivity contribution >= 4 is 11.7 Å². The van der Waals surface area contributed by atoms with Crippen LogP contribution < -0.4 is 15.4 Å². The van der Waals surface area contributed by atoms with Crippen molar-refractivity contribution in [3.05, 3.63) is 23.8 Å². The smallest absolute Gasteiger partial charge is 0.422 e. The molecule has 0 aliphatic heterocycles. The van der Waals surface area contributed by atoms with E-state index in [2.05, 4.69) is 10.6 Å². The molecule has 2 atom stereocenters. The van der Waals surface area contributed by atoms with Gasteiger partial charge in [0.25, 0.3) is 0 Å². The third-order valence-electron chi connectivity index (χ3n) is 3.28. The Balaban J connectivity index is 2.77. The van der Waals surface area contributed by atoms with Crippen molar-refractivity contribution in [1.29, 1.82) is 0 Å². The van der Waals surface area contributed by atoms with E-state index in [0.717, 1.165) is 0 Å². The van der Waals surface area contributed by atoms with Gasteiger partial charge in [0.15, 0.2) is 6.61 Å². The molecule has 0 spiro atoms. The Morgan fingerprint density at radius 2 is 2.00 bits per heavy atom. The van der Waals surface area contributed by atoms with E-state index in [1.165, 1.54) is 12.1 Å². The molecule has 0 aliphatic carbocycles. The average molecular weight is 334 g/mol. The Bertz CT molecular complexity index is 535. The van der Waals surface area contributed by atoms with Gasteiger partial charge in [-0.2, -0.15) is 13.2 Å². The van der Waals surface area contributed by atoms with Crippen LogP contribution in [0.15, 0.2) is 18.2 Å². The molecule has 0 bridgehead atoms. The maximum absolute atomic E-state index is 12.3. The van der Waals surface area contributed by atoms with Crippen molar-refractivity contribution in [2.24, 2.45) is 5.92 Å². The number of urea groups is 1. The second-order valence-electron chi connectivity index (χ2n) is 5.45. The van der Waals surface area contributed by atoms with E-state index in [0.29, 0.717) is 5.56 Å². The van der Waals surface area contributed by atoms with Crippen molar-refractivity contribution in [3.8, 4) is 5.75 Å². The number of aliphatic hydroxyl groups is 1. The summed E-state index contributed by atoms with van der Waals surface area (Å²) in [5.74, 6) is -0.208. The quantitative estimate of drug-likeness (QED) is 0.749. The van der Waals surface area contributed by atoms with Gasteiger partial charge in [-0.15, -0.1) is 0 Å². The van der Waals surface area contributed by atoms with Gasteiger partial charge in [-0.25, -0.2) is 4.79 Å². The van der Waals surface area contributed by atoms with E-state index >= 15 is 0 Å². The van der Waals surface area contributed by atoms with E-state index in [1.807, 2.05) is 0 Å². The van der Waals surface area contributed by atoms with Gasteiger partial charge < -0.3 is 20.5 Å². The molecule has 0 aliphatic rings. The summed E-state index contributed by atoms with van der Waals surface area (Å²) in [6, 6.07) is 3.65. The lowest BCUT2D eigenvalue weighted by molar-refractivity contribution is -0.153. The van der Waals surface area contributed by atoms with Crippen LogP contribution in [-0.4, -0.2) is 36.6 Å². The molecule has 1 rings (SSSR count). The molecular formula is C15H21F3N2O3. The van der Waals surface area contributed by atoms with Crippen LogP contribution in [0.5, 0.6) is 5.75 Å². The normalized spacial score (nSPS) is 14.0. The summed E-state index contributed by atoms with van der Waals surface area (Å²) in [6.45, 7) is 3.65. The zero-order valence-electron chi connectivity index (χ0n) is 13.2. The van der Waals surface area contributed by atoms with Crippen molar-refractivity contribution in [2.75, 3.05) is 18.5 Å². The summed E-state index contributed by atoms with van der Waals surface area (Å²) >= 11 is 0. The Morgan fingerprint density at radius 3 is 2.57 bits per heavy atom. The predicted molar refractivity (Wildman–Crippen MR) is 80.6 cm³/mol. The lowest BCUT2D eigenvalue weighted by Gasteiger charge is -2.20. The van der Waals surface area contributed by atoms with E-state index < -0.39 is 18.8 Å². The number of aliphatic hydroxyl groups excluding tert-OH is 1. The molecule has 130 valence electrons. The summed E-state index contributed by atoms with van der Waals surface area (Å²) in [4.78, 5) is 11.9. The number of carbonyl (C=O) groups is 1. The lowest BCUT2D eigenvalue weighted by atomic mass is 10.1. The highest BCUT2D eigenvalue weighted by Gasteiger charge is 2.29. The molecule has 0 fully saturated rings. The summed E-state index contributed by atoms with van der Waals surface area (Å²) in [5, 5.41) is 14.1. The second-order valence-corrected chi connectivity index (χ2v) is 5.45. The highest BCUT2D eigenvalue weighted by Crippen LogP contribution is 2.27. The van der Waals surface area contributed by atoms with Gasteiger partial charge >= 0.3 is 12.2 Å². The fourth-order valence-electron chi connectivity index (χ4n) is 1.68. The zero-order chi connectivity index (χ0) is 17.6. The molecule has 0 saturated carbocycles. The molecule has 0 saturated heterocycles. The second kappa shape index (κ2) is 8.05. The molecule has 1 aromatic rings. The van der Waals surface area contributed by atoms with E-state index in [1.54, 1.807) is 26.8 Å². The molecule has 5 nitrogen and oxygen atoms in total. The molecule has 3 N–H and O–H groups in total. The fourth-order valence-corrected chi connectivity index (χ4v) is 1.68. The van der Waals surface area contributed by atoms with Crippen molar-refractivity contribution in [2.45, 2.75) is 33.0 Å². The molecular weight excluding hydrogens is 313 g/mol. The SMILES string of the molecule is Cc1ccc(NC(=O)N[C@H](C)[C@@H](C)CO)c(OCC(F)(F)F)c1. The van der Waals surface area contributed by atoms with Crippen molar-refractivity contribution in [3.63, 3.8) is 0 Å². The van der Waals surface area contributed by atoms with Crippen LogP contribution in [0.2, 0.25) is 0 Å². The van der Waals surface area contributed by atoms with Gasteiger partial charge in [0, 0.05) is 12.6 Å². The average Bonchev–Trinajstić information content (AvgIpc) is 2.45. The first kappa shape index (κ1) is 19.1. The largest absolute Gasteiger partial charge is 0.482 e. The number of amides is 2. The van der Waals surface area contributed by atoms with Gasteiger partial charge in [0.1, 0.15) is 5.75 Å². The van der Waals surface area contributed by atoms with Gasteiger partial charge in [0.2, 0.25) is 0 Å². The number of alkyl halides is 3. The number of hydrogen-bond donors (Lipinski definition) is 3. The zero-order valence-corrected chi connectivity index (χ0v) is 13.2. The minimum Gasteiger partial charge on any atom is -0.482 e. The van der Waals surface area contributed by atoms with E-state index in [-0.39, 0.29) is 30.0 Å². The predicted octanol–water partition coefficient (Wildman–Crippen LogP) is 3.07. The van der Waals surface area contributed by atoms with Crippen LogP contribution in [0.25, 0.3) is 0 Å². The number of ether oxygens (including phenoxy) is 1. The first-order valence-electron chi connectivity index (χ1n) is 7.11. The van der Waals surface area contributed by atoms with Gasteiger partial charge in [-0.1, -0.05) is 13.0 Å². The number of nitrogens with one attached hydrogen (secondary N) is 2. The summed E-state index contributed by atoms with van der Waals surface area (Å²) in [5.41, 5.74) is 0.844. The number of aryl methyl sites for hydroxylation is 1. The first-order valence-corrected chi connectivity index (χ1v) is 7.11. The highest BCUT2D eigenvalue weighted by atomic mass is 19.4. The number of benzene rings is 1. The van der Waals surface area contributed by atoms with Gasteiger partial charge in [-0.3, -0.25) is 0 Å². The van der Waals surface area contributed by atoms with E-state index in [9.17, 15) is 18.0 Å². The minimum absolute atomic E-state index is 0.0552. The number of hydrogen-bond acceptors (Lipinski definition) is 3. The molecule has 1 aromatic carbocycles. The maximum atomic E-state index is 12.3. The van der Waals surface area contributed by atoms with E-state index in [4.69, 9.17) is 9.84 Å². The van der Waals surface area contributed by atoms with Crippen LogP contribution >= 0.6 is 0 Å². The molecule has 0 radical (unpaired) electrons.